The second-order valence-corrected chi connectivity index (χ2v) is 4.72. The lowest BCUT2D eigenvalue weighted by Gasteiger charge is -2.16. The molecule has 0 amide bonds. The number of benzene rings is 1. The van der Waals surface area contributed by atoms with Crippen molar-refractivity contribution in [3.8, 4) is 0 Å². The average Bonchev–Trinajstić information content (AvgIpc) is 2.50. The second kappa shape index (κ2) is 7.12. The molecule has 1 unspecified atom stereocenters. The molecule has 0 aliphatic carbocycles. The van der Waals surface area contributed by atoms with Gasteiger partial charge in [0.05, 0.1) is 18.5 Å². The third-order valence-electron chi connectivity index (χ3n) is 3.24. The lowest BCUT2D eigenvalue weighted by Crippen LogP contribution is -2.21. The molecule has 1 heterocycles. The van der Waals surface area contributed by atoms with E-state index in [1.165, 1.54) is 12.3 Å². The Morgan fingerprint density at radius 2 is 2.05 bits per heavy atom. The molecule has 20 heavy (non-hydrogen) atoms. The van der Waals surface area contributed by atoms with E-state index in [4.69, 9.17) is 5.11 Å². The van der Waals surface area contributed by atoms with Gasteiger partial charge in [-0.05, 0) is 29.7 Å². The molecule has 2 rings (SSSR count). The van der Waals surface area contributed by atoms with Crippen LogP contribution in [0.1, 0.15) is 36.2 Å². The number of nitrogens with one attached hydrogen (secondary N) is 1. The van der Waals surface area contributed by atoms with Crippen LogP contribution in [0.15, 0.2) is 42.6 Å². The number of nitrogens with zero attached hydrogens (tertiary/aromatic N) is 1. The number of aliphatic hydroxyl groups excluding tert-OH is 1. The lowest BCUT2D eigenvalue weighted by molar-refractivity contribution is 0.281. The molecule has 3 nitrogen and oxygen atoms in total. The van der Waals surface area contributed by atoms with Crippen LogP contribution in [0.25, 0.3) is 0 Å². The Kier molecular flexibility index (Phi) is 5.21. The highest BCUT2D eigenvalue weighted by molar-refractivity contribution is 5.23. The van der Waals surface area contributed by atoms with Gasteiger partial charge in [-0.2, -0.15) is 0 Å². The maximum atomic E-state index is 12.9. The summed E-state index contributed by atoms with van der Waals surface area (Å²) in [4.78, 5) is 4.12. The highest BCUT2D eigenvalue weighted by Crippen LogP contribution is 2.15. The first-order chi connectivity index (χ1) is 9.72. The smallest absolute Gasteiger partial charge is 0.141 e. The van der Waals surface area contributed by atoms with Crippen molar-refractivity contribution in [2.45, 2.75) is 32.5 Å². The van der Waals surface area contributed by atoms with Gasteiger partial charge in [-0.25, -0.2) is 4.39 Å². The fourth-order valence-corrected chi connectivity index (χ4v) is 2.13. The summed E-state index contributed by atoms with van der Waals surface area (Å²) in [5, 5.41) is 12.5. The number of hydrogen-bond acceptors (Lipinski definition) is 3. The van der Waals surface area contributed by atoms with E-state index >= 15 is 0 Å². The zero-order chi connectivity index (χ0) is 14.4. The molecule has 2 aromatic rings. The summed E-state index contributed by atoms with van der Waals surface area (Å²) >= 11 is 0. The highest BCUT2D eigenvalue weighted by Gasteiger charge is 2.10. The van der Waals surface area contributed by atoms with Crippen molar-refractivity contribution in [3.63, 3.8) is 0 Å². The minimum Gasteiger partial charge on any atom is -0.392 e. The van der Waals surface area contributed by atoms with Gasteiger partial charge in [0.15, 0.2) is 0 Å². The van der Waals surface area contributed by atoms with Crippen LogP contribution in [0.3, 0.4) is 0 Å². The number of halogens is 1. The van der Waals surface area contributed by atoms with Crippen LogP contribution >= 0.6 is 0 Å². The molecule has 0 spiro atoms. The first kappa shape index (κ1) is 14.6. The molecular formula is C16H19FN2O. The van der Waals surface area contributed by atoms with E-state index in [9.17, 15) is 4.39 Å². The van der Waals surface area contributed by atoms with Gasteiger partial charge in [-0.15, -0.1) is 0 Å². The molecule has 1 aromatic heterocycles. The van der Waals surface area contributed by atoms with E-state index in [1.54, 1.807) is 6.07 Å². The van der Waals surface area contributed by atoms with Gasteiger partial charge >= 0.3 is 0 Å². The van der Waals surface area contributed by atoms with Gasteiger partial charge in [-0.3, -0.25) is 4.98 Å². The van der Waals surface area contributed by atoms with Crippen LogP contribution in [0.2, 0.25) is 0 Å². The van der Waals surface area contributed by atoms with Gasteiger partial charge in [0, 0.05) is 12.6 Å². The van der Waals surface area contributed by atoms with Gasteiger partial charge in [0.25, 0.3) is 0 Å². The molecule has 0 aliphatic rings. The maximum Gasteiger partial charge on any atom is 0.141 e. The fraction of sp³-hybridized carbons (Fsp3) is 0.312. The minimum absolute atomic E-state index is 0.0462. The summed E-state index contributed by atoms with van der Waals surface area (Å²) in [6, 6.07) is 11.0. The topological polar surface area (TPSA) is 45.1 Å². The van der Waals surface area contributed by atoms with E-state index in [1.807, 2.05) is 24.3 Å². The van der Waals surface area contributed by atoms with Crippen LogP contribution in [0.5, 0.6) is 0 Å². The Balaban J connectivity index is 2.01. The normalized spacial score (nSPS) is 12.3. The predicted molar refractivity (Wildman–Crippen MR) is 76.4 cm³/mol. The standard InChI is InChI=1S/C16H19FN2O/c1-2-15(16-7-6-14(17)10-19-16)18-9-12-4-3-5-13(8-12)11-20/h3-8,10,15,18,20H,2,9,11H2,1H3. The van der Waals surface area contributed by atoms with E-state index in [-0.39, 0.29) is 18.5 Å². The van der Waals surface area contributed by atoms with Crippen LogP contribution in [-0.2, 0) is 13.2 Å². The summed E-state index contributed by atoms with van der Waals surface area (Å²) in [6.07, 6.45) is 2.12. The number of hydrogen-bond donors (Lipinski definition) is 2. The van der Waals surface area contributed by atoms with Crippen molar-refractivity contribution in [2.75, 3.05) is 0 Å². The number of pyridine rings is 1. The molecule has 1 aromatic carbocycles. The van der Waals surface area contributed by atoms with Crippen molar-refractivity contribution in [1.29, 1.82) is 0 Å². The van der Waals surface area contributed by atoms with Crippen LogP contribution in [-0.4, -0.2) is 10.1 Å². The van der Waals surface area contributed by atoms with Crippen molar-refractivity contribution in [2.24, 2.45) is 0 Å². The Morgan fingerprint density at radius 1 is 1.25 bits per heavy atom. The quantitative estimate of drug-likeness (QED) is 0.851. The number of aromatic nitrogens is 1. The maximum absolute atomic E-state index is 12.9. The first-order valence-electron chi connectivity index (χ1n) is 6.76. The van der Waals surface area contributed by atoms with Crippen LogP contribution in [0, 0.1) is 5.82 Å². The zero-order valence-electron chi connectivity index (χ0n) is 11.5. The number of aliphatic hydroxyl groups is 1. The first-order valence-corrected chi connectivity index (χ1v) is 6.76. The monoisotopic (exact) mass is 274 g/mol. The van der Waals surface area contributed by atoms with Gasteiger partial charge in [0.2, 0.25) is 0 Å². The largest absolute Gasteiger partial charge is 0.392 e. The van der Waals surface area contributed by atoms with Crippen molar-refractivity contribution in [1.82, 2.24) is 10.3 Å². The molecule has 106 valence electrons. The van der Waals surface area contributed by atoms with Crippen LogP contribution < -0.4 is 5.32 Å². The molecule has 0 saturated carbocycles. The van der Waals surface area contributed by atoms with Crippen molar-refractivity contribution >= 4 is 0 Å². The summed E-state index contributed by atoms with van der Waals surface area (Å²) in [6.45, 7) is 2.79. The van der Waals surface area contributed by atoms with E-state index in [0.717, 1.165) is 23.2 Å². The van der Waals surface area contributed by atoms with E-state index in [2.05, 4.69) is 17.2 Å². The molecule has 0 fully saturated rings. The molecule has 0 aliphatic heterocycles. The molecule has 4 heteroatoms. The molecule has 0 bridgehead atoms. The summed E-state index contributed by atoms with van der Waals surface area (Å²) < 4.78 is 12.9. The summed E-state index contributed by atoms with van der Waals surface area (Å²) in [5.74, 6) is -0.320. The Hall–Kier alpha value is -1.78. The summed E-state index contributed by atoms with van der Waals surface area (Å²) in [5.41, 5.74) is 2.85. The highest BCUT2D eigenvalue weighted by atomic mass is 19.1. The van der Waals surface area contributed by atoms with Gasteiger partial charge in [-0.1, -0.05) is 31.2 Å². The molecule has 0 saturated heterocycles. The number of rotatable bonds is 6. The molecule has 1 atom stereocenters. The second-order valence-electron chi connectivity index (χ2n) is 4.72. The third-order valence-corrected chi connectivity index (χ3v) is 3.24. The lowest BCUT2D eigenvalue weighted by atomic mass is 10.1. The average molecular weight is 274 g/mol. The molecule has 2 N–H and O–H groups in total. The van der Waals surface area contributed by atoms with Crippen molar-refractivity contribution in [3.05, 3.63) is 65.2 Å². The summed E-state index contributed by atoms with van der Waals surface area (Å²) in [7, 11) is 0. The molecular weight excluding hydrogens is 255 g/mol. The van der Waals surface area contributed by atoms with E-state index in [0.29, 0.717) is 6.54 Å². The molecule has 0 radical (unpaired) electrons. The van der Waals surface area contributed by atoms with Crippen LogP contribution in [0.4, 0.5) is 4.39 Å². The van der Waals surface area contributed by atoms with E-state index < -0.39 is 0 Å². The fourth-order valence-electron chi connectivity index (χ4n) is 2.13. The SMILES string of the molecule is CCC(NCc1cccc(CO)c1)c1ccc(F)cn1. The third kappa shape index (κ3) is 3.85. The minimum atomic E-state index is -0.320. The predicted octanol–water partition coefficient (Wildman–Crippen LogP) is 2.95. The van der Waals surface area contributed by atoms with Gasteiger partial charge in [0.1, 0.15) is 5.82 Å². The van der Waals surface area contributed by atoms with Gasteiger partial charge < -0.3 is 10.4 Å². The Labute approximate surface area is 118 Å². The van der Waals surface area contributed by atoms with Crippen molar-refractivity contribution < 1.29 is 9.50 Å². The zero-order valence-corrected chi connectivity index (χ0v) is 11.5. The Bertz CT molecular complexity index is 542. The Morgan fingerprint density at radius 3 is 2.70 bits per heavy atom.